The lowest BCUT2D eigenvalue weighted by atomic mass is 10.1. The summed E-state index contributed by atoms with van der Waals surface area (Å²) >= 11 is 17.9. The molecule has 124 valence electrons. The first-order valence-electron chi connectivity index (χ1n) is 7.26. The van der Waals surface area contributed by atoms with Gasteiger partial charge >= 0.3 is 0 Å². The van der Waals surface area contributed by atoms with E-state index in [9.17, 15) is 9.59 Å². The number of anilines is 2. The second-order valence-electron chi connectivity index (χ2n) is 5.47. The van der Waals surface area contributed by atoms with Gasteiger partial charge in [0.15, 0.2) is 0 Å². The molecule has 0 radical (unpaired) electrons. The number of carbonyl (C=O) groups is 2. The van der Waals surface area contributed by atoms with Crippen molar-refractivity contribution in [3.05, 3.63) is 57.5 Å². The van der Waals surface area contributed by atoms with Gasteiger partial charge in [-0.15, -0.1) is 0 Å². The minimum absolute atomic E-state index is 0.127. The second-order valence-corrected chi connectivity index (χ2v) is 6.70. The molecule has 0 aliphatic carbocycles. The zero-order valence-corrected chi connectivity index (χ0v) is 14.7. The van der Waals surface area contributed by atoms with Crippen molar-refractivity contribution < 1.29 is 9.59 Å². The van der Waals surface area contributed by atoms with E-state index < -0.39 is 5.92 Å². The maximum atomic E-state index is 12.4. The molecule has 1 saturated heterocycles. The van der Waals surface area contributed by atoms with Crippen molar-refractivity contribution >= 4 is 58.0 Å². The van der Waals surface area contributed by atoms with Crippen LogP contribution in [0.1, 0.15) is 6.42 Å². The Bertz CT molecular complexity index is 810. The Labute approximate surface area is 154 Å². The van der Waals surface area contributed by atoms with E-state index in [1.54, 1.807) is 47.4 Å². The predicted molar refractivity (Wildman–Crippen MR) is 97.0 cm³/mol. The smallest absolute Gasteiger partial charge is 0.229 e. The molecule has 0 bridgehead atoms. The van der Waals surface area contributed by atoms with Gasteiger partial charge in [-0.05, 0) is 30.3 Å². The Morgan fingerprint density at radius 3 is 2.50 bits per heavy atom. The van der Waals surface area contributed by atoms with Crippen LogP contribution in [-0.4, -0.2) is 18.4 Å². The van der Waals surface area contributed by atoms with Gasteiger partial charge in [0.2, 0.25) is 11.8 Å². The van der Waals surface area contributed by atoms with E-state index in [-0.39, 0.29) is 24.8 Å². The third kappa shape index (κ3) is 3.51. The molecule has 2 aromatic carbocycles. The van der Waals surface area contributed by atoms with E-state index in [4.69, 9.17) is 34.8 Å². The van der Waals surface area contributed by atoms with Crippen LogP contribution in [0.15, 0.2) is 42.5 Å². The Balaban J connectivity index is 1.72. The average Bonchev–Trinajstić information content (AvgIpc) is 2.93. The SMILES string of the molecule is O=C(Nc1ccc(Cl)c(Cl)c1)[C@@H]1CC(=O)N(c2ccccc2Cl)C1. The molecule has 1 atom stereocenters. The number of amides is 2. The van der Waals surface area contributed by atoms with Crippen molar-refractivity contribution in [2.45, 2.75) is 6.42 Å². The van der Waals surface area contributed by atoms with E-state index in [1.165, 1.54) is 0 Å². The Morgan fingerprint density at radius 2 is 1.79 bits per heavy atom. The number of hydrogen-bond acceptors (Lipinski definition) is 2. The molecule has 0 spiro atoms. The largest absolute Gasteiger partial charge is 0.326 e. The molecule has 2 amide bonds. The molecule has 1 aliphatic heterocycles. The zero-order chi connectivity index (χ0) is 17.3. The fourth-order valence-electron chi connectivity index (χ4n) is 2.60. The number of hydrogen-bond donors (Lipinski definition) is 1. The van der Waals surface area contributed by atoms with Crippen molar-refractivity contribution in [3.8, 4) is 0 Å². The molecular formula is C17H13Cl3N2O2. The fraction of sp³-hybridized carbons (Fsp3) is 0.176. The average molecular weight is 384 g/mol. The van der Waals surface area contributed by atoms with E-state index in [1.807, 2.05) is 0 Å². The summed E-state index contributed by atoms with van der Waals surface area (Å²) in [6.45, 7) is 0.287. The first kappa shape index (κ1) is 17.1. The number of carbonyl (C=O) groups excluding carboxylic acids is 2. The molecule has 0 unspecified atom stereocenters. The summed E-state index contributed by atoms with van der Waals surface area (Å²) in [5.74, 6) is -0.822. The first-order chi connectivity index (χ1) is 11.5. The maximum Gasteiger partial charge on any atom is 0.229 e. The number of benzene rings is 2. The quantitative estimate of drug-likeness (QED) is 0.839. The summed E-state index contributed by atoms with van der Waals surface area (Å²) in [7, 11) is 0. The van der Waals surface area contributed by atoms with Crippen molar-refractivity contribution in [2.24, 2.45) is 5.92 Å². The van der Waals surface area contributed by atoms with Crippen LogP contribution in [0, 0.1) is 5.92 Å². The molecular weight excluding hydrogens is 371 g/mol. The van der Waals surface area contributed by atoms with Crippen molar-refractivity contribution in [2.75, 3.05) is 16.8 Å². The molecule has 1 heterocycles. The lowest BCUT2D eigenvalue weighted by Gasteiger charge is -2.18. The second kappa shape index (κ2) is 7.01. The summed E-state index contributed by atoms with van der Waals surface area (Å²) < 4.78 is 0. The lowest BCUT2D eigenvalue weighted by Crippen LogP contribution is -2.28. The summed E-state index contributed by atoms with van der Waals surface area (Å²) in [6.07, 6.45) is 0.137. The highest BCUT2D eigenvalue weighted by Crippen LogP contribution is 2.32. The van der Waals surface area contributed by atoms with Crippen LogP contribution in [0.4, 0.5) is 11.4 Å². The molecule has 1 aliphatic rings. The lowest BCUT2D eigenvalue weighted by molar-refractivity contribution is -0.122. The molecule has 24 heavy (non-hydrogen) atoms. The minimum Gasteiger partial charge on any atom is -0.326 e. The van der Waals surface area contributed by atoms with Gasteiger partial charge in [0.05, 0.1) is 26.7 Å². The van der Waals surface area contributed by atoms with Gasteiger partial charge in [-0.25, -0.2) is 0 Å². The van der Waals surface area contributed by atoms with Gasteiger partial charge in [-0.1, -0.05) is 46.9 Å². The number of para-hydroxylation sites is 1. The van der Waals surface area contributed by atoms with Crippen LogP contribution in [0.5, 0.6) is 0 Å². The van der Waals surface area contributed by atoms with Crippen molar-refractivity contribution in [3.63, 3.8) is 0 Å². The van der Waals surface area contributed by atoms with Gasteiger partial charge in [0, 0.05) is 18.7 Å². The summed E-state index contributed by atoms with van der Waals surface area (Å²) in [4.78, 5) is 26.2. The molecule has 7 heteroatoms. The van der Waals surface area contributed by atoms with Crippen molar-refractivity contribution in [1.29, 1.82) is 0 Å². The Morgan fingerprint density at radius 1 is 1.04 bits per heavy atom. The number of halogens is 3. The van der Waals surface area contributed by atoms with Crippen LogP contribution < -0.4 is 10.2 Å². The number of nitrogens with one attached hydrogen (secondary N) is 1. The standard InChI is InChI=1S/C17H13Cl3N2O2/c18-12-6-5-11(8-14(12)20)21-17(24)10-7-16(23)22(9-10)15-4-2-1-3-13(15)19/h1-6,8,10H,7,9H2,(H,21,24)/t10-/m1/s1. The van der Waals surface area contributed by atoms with E-state index in [0.717, 1.165) is 0 Å². The Kier molecular flexibility index (Phi) is 4.99. The van der Waals surface area contributed by atoms with E-state index in [0.29, 0.717) is 26.4 Å². The van der Waals surface area contributed by atoms with Crippen molar-refractivity contribution in [1.82, 2.24) is 0 Å². The molecule has 2 aromatic rings. The van der Waals surface area contributed by atoms with Gasteiger partial charge in [-0.3, -0.25) is 9.59 Å². The number of rotatable bonds is 3. The van der Waals surface area contributed by atoms with Gasteiger partial charge in [0.25, 0.3) is 0 Å². The third-order valence-electron chi connectivity index (χ3n) is 3.83. The summed E-state index contributed by atoms with van der Waals surface area (Å²) in [5, 5.41) is 4.02. The highest BCUT2D eigenvalue weighted by atomic mass is 35.5. The molecule has 4 nitrogen and oxygen atoms in total. The third-order valence-corrected chi connectivity index (χ3v) is 4.88. The molecule has 1 N–H and O–H groups in total. The molecule has 3 rings (SSSR count). The van der Waals surface area contributed by atoms with Crippen LogP contribution in [-0.2, 0) is 9.59 Å². The van der Waals surface area contributed by atoms with Crippen LogP contribution >= 0.6 is 34.8 Å². The maximum absolute atomic E-state index is 12.4. The van der Waals surface area contributed by atoms with Crippen LogP contribution in [0.2, 0.25) is 15.1 Å². The molecule has 0 aromatic heterocycles. The molecule has 1 fully saturated rings. The minimum atomic E-state index is -0.455. The predicted octanol–water partition coefficient (Wildman–Crippen LogP) is 4.64. The van der Waals surface area contributed by atoms with Gasteiger partial charge < -0.3 is 10.2 Å². The number of nitrogens with zero attached hydrogens (tertiary/aromatic N) is 1. The molecule has 0 saturated carbocycles. The van der Waals surface area contributed by atoms with E-state index >= 15 is 0 Å². The van der Waals surface area contributed by atoms with E-state index in [2.05, 4.69) is 5.32 Å². The van der Waals surface area contributed by atoms with Crippen LogP contribution in [0.25, 0.3) is 0 Å². The van der Waals surface area contributed by atoms with Gasteiger partial charge in [0.1, 0.15) is 0 Å². The first-order valence-corrected chi connectivity index (χ1v) is 8.40. The Hall–Kier alpha value is -1.75. The van der Waals surface area contributed by atoms with Gasteiger partial charge in [-0.2, -0.15) is 0 Å². The highest BCUT2D eigenvalue weighted by Gasteiger charge is 2.35. The fourth-order valence-corrected chi connectivity index (χ4v) is 3.14. The highest BCUT2D eigenvalue weighted by molar-refractivity contribution is 6.42. The summed E-state index contributed by atoms with van der Waals surface area (Å²) in [6, 6.07) is 11.9. The topological polar surface area (TPSA) is 49.4 Å². The normalized spacial score (nSPS) is 17.2. The zero-order valence-electron chi connectivity index (χ0n) is 12.4. The van der Waals surface area contributed by atoms with Crippen LogP contribution in [0.3, 0.4) is 0 Å². The monoisotopic (exact) mass is 382 g/mol. The summed E-state index contributed by atoms with van der Waals surface area (Å²) in [5.41, 5.74) is 1.16.